The third kappa shape index (κ3) is 21.7. The highest BCUT2D eigenvalue weighted by atomic mass is 32.2. The van der Waals surface area contributed by atoms with E-state index >= 15 is 0 Å². The van der Waals surface area contributed by atoms with Crippen LogP contribution in [-0.2, 0) is 0 Å². The predicted octanol–water partition coefficient (Wildman–Crippen LogP) is 7.21. The monoisotopic (exact) mass is 544 g/mol. The second kappa shape index (κ2) is 30.8. The van der Waals surface area contributed by atoms with Gasteiger partial charge in [0.2, 0.25) is 0 Å². The van der Waals surface area contributed by atoms with Gasteiger partial charge in [0, 0.05) is 17.0 Å². The molecule has 0 unspecified atom stereocenters. The lowest BCUT2D eigenvalue weighted by atomic mass is 9.98. The fourth-order valence-electron chi connectivity index (χ4n) is 3.16. The molecule has 0 radical (unpaired) electrons. The van der Waals surface area contributed by atoms with E-state index in [9.17, 15) is 0 Å². The van der Waals surface area contributed by atoms with Crippen LogP contribution >= 0.6 is 11.8 Å². The second-order valence-corrected chi connectivity index (χ2v) is 8.52. The lowest BCUT2D eigenvalue weighted by Gasteiger charge is -2.09. The molecule has 1 rings (SSSR count). The van der Waals surface area contributed by atoms with Crippen molar-refractivity contribution >= 4 is 17.5 Å². The summed E-state index contributed by atoms with van der Waals surface area (Å²) in [5, 5.41) is 11.6. The van der Waals surface area contributed by atoms with E-state index in [0.717, 1.165) is 30.7 Å². The number of allylic oxidation sites excluding steroid dienone is 7. The van der Waals surface area contributed by atoms with Crippen molar-refractivity contribution in [1.29, 1.82) is 0 Å². The number of hydrogen-bond donors (Lipinski definition) is 4. The van der Waals surface area contributed by atoms with E-state index in [1.54, 1.807) is 17.8 Å². The van der Waals surface area contributed by atoms with Gasteiger partial charge in [0.1, 0.15) is 0 Å². The van der Waals surface area contributed by atoms with Gasteiger partial charge < -0.3 is 21.9 Å². The number of aryl methyl sites for hydroxylation is 2. The number of nitrogens with one attached hydrogen (secondary N) is 1. The first-order chi connectivity index (χ1) is 18.4. The number of rotatable bonds is 12. The fraction of sp³-hybridized carbons (Fsp3) is 0.469. The van der Waals surface area contributed by atoms with Crippen LogP contribution in [0.1, 0.15) is 71.1 Å². The number of aliphatic hydroxyl groups excluding tert-OH is 1. The number of nitrogens with two attached hydrogens (primary N) is 2. The van der Waals surface area contributed by atoms with Gasteiger partial charge in [-0.05, 0) is 83.7 Å². The zero-order chi connectivity index (χ0) is 29.6. The third-order valence-electron chi connectivity index (χ3n) is 4.93. The Balaban J connectivity index is -0.000000488. The fourth-order valence-corrected chi connectivity index (χ4v) is 3.72. The molecule has 0 spiro atoms. The number of hydrogen-bond acceptors (Lipinski definition) is 6. The minimum atomic E-state index is 0.216. The van der Waals surface area contributed by atoms with Crippen LogP contribution in [0.4, 0.5) is 0 Å². The highest BCUT2D eigenvalue weighted by Gasteiger charge is 2.06. The van der Waals surface area contributed by atoms with Crippen LogP contribution in [-0.4, -0.2) is 43.4 Å². The van der Waals surface area contributed by atoms with E-state index in [1.165, 1.54) is 27.8 Å². The Labute approximate surface area is 239 Å². The Kier molecular flexibility index (Phi) is 32.6. The molecule has 1 aromatic carbocycles. The largest absolute Gasteiger partial charge is 0.405 e. The summed E-state index contributed by atoms with van der Waals surface area (Å²) in [5.41, 5.74) is 16.6. The zero-order valence-electron chi connectivity index (χ0n) is 25.6. The summed E-state index contributed by atoms with van der Waals surface area (Å²) in [7, 11) is 0. The summed E-state index contributed by atoms with van der Waals surface area (Å²) >= 11 is 1.76. The molecule has 0 heterocycles. The average Bonchev–Trinajstić information content (AvgIpc) is 2.93. The van der Waals surface area contributed by atoms with Crippen LogP contribution in [0.5, 0.6) is 0 Å². The topological polar surface area (TPSA) is 96.7 Å². The summed E-state index contributed by atoms with van der Waals surface area (Å²) in [5.74, 6) is 0. The molecule has 0 fully saturated rings. The summed E-state index contributed by atoms with van der Waals surface area (Å²) in [6.07, 6.45) is 20.2. The van der Waals surface area contributed by atoms with Crippen LogP contribution in [0.3, 0.4) is 0 Å². The van der Waals surface area contributed by atoms with E-state index in [0.29, 0.717) is 6.54 Å². The maximum atomic E-state index is 8.51. The smallest absolute Gasteiger partial charge is 0.0866 e. The Morgan fingerprint density at radius 1 is 1.03 bits per heavy atom. The van der Waals surface area contributed by atoms with Gasteiger partial charge in [-0.1, -0.05) is 81.0 Å². The molecular formula is C32H56N4OS. The van der Waals surface area contributed by atoms with Crippen molar-refractivity contribution in [2.45, 2.75) is 68.2 Å². The SMILES string of the molecule is C/C=C\C(=C/C)CC.C/C=C\C(=C/CCNCCO)SC.CC.Cc1cccc(C)c1C(/C=C\N)=N/CN. The van der Waals surface area contributed by atoms with Crippen molar-refractivity contribution in [3.8, 4) is 0 Å². The van der Waals surface area contributed by atoms with Gasteiger partial charge in [-0.3, -0.25) is 4.99 Å². The molecule has 216 valence electrons. The minimum Gasteiger partial charge on any atom is -0.405 e. The molecule has 0 aliphatic carbocycles. The molecular weight excluding hydrogens is 488 g/mol. The molecule has 0 bridgehead atoms. The number of aliphatic hydroxyl groups is 1. The Morgan fingerprint density at radius 2 is 1.63 bits per heavy atom. The van der Waals surface area contributed by atoms with Gasteiger partial charge in [0.15, 0.2) is 0 Å². The van der Waals surface area contributed by atoms with E-state index in [-0.39, 0.29) is 13.3 Å². The first kappa shape index (κ1) is 40.1. The van der Waals surface area contributed by atoms with Crippen LogP contribution in [0, 0.1) is 13.8 Å². The minimum absolute atomic E-state index is 0.216. The molecule has 6 N–H and O–H groups in total. The molecule has 0 aliphatic rings. The van der Waals surface area contributed by atoms with Crippen molar-refractivity contribution in [1.82, 2.24) is 5.32 Å². The molecule has 0 saturated heterocycles. The normalized spacial score (nSPS) is 12.1. The van der Waals surface area contributed by atoms with Gasteiger partial charge >= 0.3 is 0 Å². The van der Waals surface area contributed by atoms with Crippen molar-refractivity contribution in [3.05, 3.63) is 94.1 Å². The van der Waals surface area contributed by atoms with Crippen molar-refractivity contribution < 1.29 is 5.11 Å². The summed E-state index contributed by atoms with van der Waals surface area (Å²) in [6.45, 7) is 18.5. The van der Waals surface area contributed by atoms with Crippen molar-refractivity contribution in [3.63, 3.8) is 0 Å². The third-order valence-corrected chi connectivity index (χ3v) is 5.71. The summed E-state index contributed by atoms with van der Waals surface area (Å²) < 4.78 is 0. The zero-order valence-corrected chi connectivity index (χ0v) is 26.4. The average molecular weight is 545 g/mol. The van der Waals surface area contributed by atoms with Crippen LogP contribution in [0.25, 0.3) is 0 Å². The highest BCUT2D eigenvalue weighted by Crippen LogP contribution is 2.15. The Morgan fingerprint density at radius 3 is 2.03 bits per heavy atom. The molecule has 0 amide bonds. The van der Waals surface area contributed by atoms with Crippen LogP contribution in [0.2, 0.25) is 0 Å². The lowest BCUT2D eigenvalue weighted by Crippen LogP contribution is -2.18. The van der Waals surface area contributed by atoms with E-state index in [4.69, 9.17) is 16.6 Å². The number of aliphatic imine (C=N–C) groups is 1. The van der Waals surface area contributed by atoms with Gasteiger partial charge in [-0.15, -0.1) is 11.8 Å². The molecule has 0 atom stereocenters. The quantitative estimate of drug-likeness (QED) is 0.127. The maximum Gasteiger partial charge on any atom is 0.0866 e. The van der Waals surface area contributed by atoms with Crippen molar-refractivity contribution in [2.75, 3.05) is 32.6 Å². The molecule has 5 nitrogen and oxygen atoms in total. The Hall–Kier alpha value is -2.38. The molecule has 6 heteroatoms. The standard InChI is InChI=1S/C12H17N3.C10H19NOS.C8H14.C2H6/c1-9-4-3-5-10(2)12(9)11(6-7-13)15-8-14;1-3-5-10(13-2)6-4-7-11-8-9-12;1-4-7-8(5-2)6-3;1-2/h3-7H,8,13-14H2,1-2H3;3,5-6,11-12H,4,7-9H2,1-2H3;4-5,7H,6H2,1-3H3;1-2H3/b7-6-,15-11+;5-3-,10-6+;7-4-,8-5-;. The summed E-state index contributed by atoms with van der Waals surface area (Å²) in [6, 6.07) is 6.14. The number of nitrogens with zero attached hydrogens (tertiary/aromatic N) is 1. The van der Waals surface area contributed by atoms with Gasteiger partial charge in [0.25, 0.3) is 0 Å². The molecule has 1 aromatic rings. The molecule has 0 aliphatic heterocycles. The first-order valence-electron chi connectivity index (χ1n) is 13.6. The predicted molar refractivity (Wildman–Crippen MR) is 176 cm³/mol. The van der Waals surface area contributed by atoms with E-state index in [2.05, 4.69) is 86.8 Å². The van der Waals surface area contributed by atoms with Crippen LogP contribution in [0.15, 0.2) is 82.4 Å². The number of thioether (sulfide) groups is 1. The molecule has 0 saturated carbocycles. The summed E-state index contributed by atoms with van der Waals surface area (Å²) in [4.78, 5) is 5.53. The molecule has 0 aromatic heterocycles. The van der Waals surface area contributed by atoms with Gasteiger partial charge in [-0.25, -0.2) is 0 Å². The second-order valence-electron chi connectivity index (χ2n) is 7.64. The number of benzene rings is 1. The van der Waals surface area contributed by atoms with Crippen molar-refractivity contribution in [2.24, 2.45) is 16.5 Å². The van der Waals surface area contributed by atoms with E-state index in [1.807, 2.05) is 39.8 Å². The lowest BCUT2D eigenvalue weighted by molar-refractivity contribution is 0.293. The van der Waals surface area contributed by atoms with Crippen LogP contribution < -0.4 is 16.8 Å². The highest BCUT2D eigenvalue weighted by molar-refractivity contribution is 8.02. The first-order valence-corrected chi connectivity index (χ1v) is 14.8. The molecule has 38 heavy (non-hydrogen) atoms. The maximum absolute atomic E-state index is 8.51. The van der Waals surface area contributed by atoms with Gasteiger partial charge in [0.05, 0.1) is 19.0 Å². The Bertz CT molecular complexity index is 845. The van der Waals surface area contributed by atoms with E-state index < -0.39 is 0 Å². The van der Waals surface area contributed by atoms with Gasteiger partial charge in [-0.2, -0.15) is 0 Å².